The largest absolute Gasteiger partial charge is 0.353 e. The number of anilines is 1. The van der Waals surface area contributed by atoms with Gasteiger partial charge in [-0.2, -0.15) is 5.10 Å². The molecule has 5 rings (SSSR count). The molecule has 0 bridgehead atoms. The molecular formula is C24H25ClN6OS. The van der Waals surface area contributed by atoms with Crippen LogP contribution in [0.1, 0.15) is 35.1 Å². The number of hydrogen-bond donors (Lipinski definition) is 0. The van der Waals surface area contributed by atoms with E-state index in [2.05, 4.69) is 47.9 Å². The molecule has 4 aromatic rings. The first kappa shape index (κ1) is 21.9. The molecule has 1 fully saturated rings. The van der Waals surface area contributed by atoms with Gasteiger partial charge in [0, 0.05) is 43.3 Å². The number of carbonyl (C=O) groups excluding carboxylic acids is 1. The minimum absolute atomic E-state index is 0.0175. The summed E-state index contributed by atoms with van der Waals surface area (Å²) in [6, 6.07) is 9.98. The lowest BCUT2D eigenvalue weighted by atomic mass is 10.1. The van der Waals surface area contributed by atoms with E-state index in [-0.39, 0.29) is 11.9 Å². The number of carbonyl (C=O) groups is 1. The Labute approximate surface area is 201 Å². The van der Waals surface area contributed by atoms with Gasteiger partial charge in [0.25, 0.3) is 5.91 Å². The van der Waals surface area contributed by atoms with Gasteiger partial charge in [0.1, 0.15) is 5.82 Å². The normalized spacial score (nSPS) is 14.5. The van der Waals surface area contributed by atoms with Gasteiger partial charge < -0.3 is 9.80 Å². The smallest absolute Gasteiger partial charge is 0.254 e. The standard InChI is InChI=1S/C24H25ClN6OS/c1-15(2)31-23-19(14-27-31)18(12-20(28-23)21-6-4-16(3)33-21)24(32)30-10-8-29(9-11-30)22-7-5-17(25)13-26-22/h4-7,12-15H,8-11H2,1-3H3. The van der Waals surface area contributed by atoms with Crippen LogP contribution in [0.2, 0.25) is 5.02 Å². The minimum Gasteiger partial charge on any atom is -0.353 e. The number of aromatic nitrogens is 4. The van der Waals surface area contributed by atoms with Crippen LogP contribution in [0.4, 0.5) is 5.82 Å². The average molecular weight is 481 g/mol. The van der Waals surface area contributed by atoms with Crippen molar-refractivity contribution in [2.24, 2.45) is 0 Å². The number of thiophene rings is 1. The summed E-state index contributed by atoms with van der Waals surface area (Å²) in [5.41, 5.74) is 2.22. The lowest BCUT2D eigenvalue weighted by Gasteiger charge is -2.35. The van der Waals surface area contributed by atoms with Crippen molar-refractivity contribution in [2.45, 2.75) is 26.8 Å². The number of halogens is 1. The molecule has 33 heavy (non-hydrogen) atoms. The second-order valence-corrected chi connectivity index (χ2v) is 10.2. The van der Waals surface area contributed by atoms with Crippen molar-refractivity contribution in [3.63, 3.8) is 0 Å². The zero-order valence-corrected chi connectivity index (χ0v) is 20.4. The molecule has 0 aromatic carbocycles. The van der Waals surface area contributed by atoms with Crippen LogP contribution in [0, 0.1) is 6.92 Å². The molecule has 0 aliphatic carbocycles. The summed E-state index contributed by atoms with van der Waals surface area (Å²) in [5, 5.41) is 5.96. The molecule has 7 nitrogen and oxygen atoms in total. The third-order valence-electron chi connectivity index (χ3n) is 5.88. The Kier molecular flexibility index (Phi) is 5.80. The fourth-order valence-corrected chi connectivity index (χ4v) is 5.08. The molecule has 4 aromatic heterocycles. The maximum absolute atomic E-state index is 13.7. The molecule has 5 heterocycles. The van der Waals surface area contributed by atoms with Gasteiger partial charge in [-0.15, -0.1) is 11.3 Å². The van der Waals surface area contributed by atoms with Crippen LogP contribution in [0.25, 0.3) is 21.6 Å². The molecule has 1 saturated heterocycles. The van der Waals surface area contributed by atoms with Gasteiger partial charge in [-0.05, 0) is 51.1 Å². The molecule has 0 radical (unpaired) electrons. The lowest BCUT2D eigenvalue weighted by Crippen LogP contribution is -2.49. The predicted octanol–water partition coefficient (Wildman–Crippen LogP) is 5.06. The Morgan fingerprint density at radius 1 is 1.09 bits per heavy atom. The monoisotopic (exact) mass is 480 g/mol. The van der Waals surface area contributed by atoms with Crippen molar-refractivity contribution >= 4 is 45.7 Å². The van der Waals surface area contributed by atoms with Crippen LogP contribution >= 0.6 is 22.9 Å². The summed E-state index contributed by atoms with van der Waals surface area (Å²) >= 11 is 7.65. The van der Waals surface area contributed by atoms with Crippen LogP contribution in [0.15, 0.2) is 42.7 Å². The Morgan fingerprint density at radius 2 is 1.88 bits per heavy atom. The highest BCUT2D eigenvalue weighted by atomic mass is 35.5. The maximum Gasteiger partial charge on any atom is 0.254 e. The first-order chi connectivity index (χ1) is 15.9. The first-order valence-corrected chi connectivity index (χ1v) is 12.2. The van der Waals surface area contributed by atoms with Gasteiger partial charge in [-0.1, -0.05) is 11.6 Å². The number of amides is 1. The van der Waals surface area contributed by atoms with Crippen LogP contribution in [0.3, 0.4) is 0 Å². The van der Waals surface area contributed by atoms with Gasteiger partial charge >= 0.3 is 0 Å². The fraction of sp³-hybridized carbons (Fsp3) is 0.333. The highest BCUT2D eigenvalue weighted by Gasteiger charge is 2.26. The second-order valence-electron chi connectivity index (χ2n) is 8.50. The Bertz CT molecular complexity index is 1300. The van der Waals surface area contributed by atoms with Gasteiger partial charge in [-0.25, -0.2) is 14.6 Å². The molecule has 0 N–H and O–H groups in total. The number of pyridine rings is 2. The van der Waals surface area contributed by atoms with Gasteiger partial charge in [0.2, 0.25) is 0 Å². The number of aryl methyl sites for hydroxylation is 1. The Balaban J connectivity index is 1.46. The van der Waals surface area contributed by atoms with E-state index in [1.54, 1.807) is 23.7 Å². The van der Waals surface area contributed by atoms with Crippen molar-refractivity contribution in [3.8, 4) is 10.6 Å². The summed E-state index contributed by atoms with van der Waals surface area (Å²) in [5.74, 6) is 0.898. The van der Waals surface area contributed by atoms with Gasteiger partial charge in [0.05, 0.1) is 32.7 Å². The molecular weight excluding hydrogens is 456 g/mol. The summed E-state index contributed by atoms with van der Waals surface area (Å²) in [6.45, 7) is 8.90. The van der Waals surface area contributed by atoms with E-state index in [1.807, 2.05) is 27.8 Å². The zero-order valence-electron chi connectivity index (χ0n) is 18.8. The molecule has 1 aliphatic heterocycles. The van der Waals surface area contributed by atoms with E-state index in [1.165, 1.54) is 4.88 Å². The van der Waals surface area contributed by atoms with Crippen molar-refractivity contribution in [2.75, 3.05) is 31.1 Å². The van der Waals surface area contributed by atoms with E-state index in [9.17, 15) is 4.79 Å². The molecule has 0 unspecified atom stereocenters. The van der Waals surface area contributed by atoms with E-state index in [0.717, 1.165) is 40.5 Å². The van der Waals surface area contributed by atoms with E-state index >= 15 is 0 Å². The number of hydrogen-bond acceptors (Lipinski definition) is 6. The predicted molar refractivity (Wildman–Crippen MR) is 133 cm³/mol. The third-order valence-corrected chi connectivity index (χ3v) is 7.13. The molecule has 9 heteroatoms. The summed E-state index contributed by atoms with van der Waals surface area (Å²) in [6.07, 6.45) is 3.43. The first-order valence-electron chi connectivity index (χ1n) is 11.0. The van der Waals surface area contributed by atoms with Crippen LogP contribution in [-0.2, 0) is 0 Å². The van der Waals surface area contributed by atoms with Crippen LogP contribution in [0.5, 0.6) is 0 Å². The van der Waals surface area contributed by atoms with Gasteiger partial charge in [-0.3, -0.25) is 4.79 Å². The van der Waals surface area contributed by atoms with Crippen molar-refractivity contribution < 1.29 is 4.79 Å². The molecule has 1 aliphatic rings. The van der Waals surface area contributed by atoms with Crippen LogP contribution < -0.4 is 4.90 Å². The number of nitrogens with zero attached hydrogens (tertiary/aromatic N) is 6. The quantitative estimate of drug-likeness (QED) is 0.408. The summed E-state index contributed by atoms with van der Waals surface area (Å²) in [7, 11) is 0. The summed E-state index contributed by atoms with van der Waals surface area (Å²) in [4.78, 5) is 29.4. The fourth-order valence-electron chi connectivity index (χ4n) is 4.14. The maximum atomic E-state index is 13.7. The SMILES string of the molecule is Cc1ccc(-c2cc(C(=O)N3CCN(c4ccc(Cl)cn4)CC3)c3cnn(C(C)C)c3n2)s1. The van der Waals surface area contributed by atoms with E-state index in [0.29, 0.717) is 23.7 Å². The number of rotatable bonds is 4. The Morgan fingerprint density at radius 3 is 2.52 bits per heavy atom. The van der Waals surface area contributed by atoms with Crippen LogP contribution in [-0.4, -0.2) is 56.7 Å². The second kappa shape index (κ2) is 8.76. The number of piperazine rings is 1. The van der Waals surface area contributed by atoms with E-state index < -0.39 is 0 Å². The Hall–Kier alpha value is -2.97. The molecule has 0 atom stereocenters. The van der Waals surface area contributed by atoms with Crippen molar-refractivity contribution in [3.05, 3.63) is 58.2 Å². The van der Waals surface area contributed by atoms with Crippen molar-refractivity contribution in [1.82, 2.24) is 24.6 Å². The minimum atomic E-state index is 0.0175. The molecule has 170 valence electrons. The van der Waals surface area contributed by atoms with Gasteiger partial charge in [0.15, 0.2) is 5.65 Å². The third kappa shape index (κ3) is 4.20. The zero-order chi connectivity index (χ0) is 23.1. The topological polar surface area (TPSA) is 67.2 Å². The molecule has 0 spiro atoms. The number of fused-ring (bicyclic) bond motifs is 1. The molecule has 0 saturated carbocycles. The highest BCUT2D eigenvalue weighted by molar-refractivity contribution is 7.15. The molecule has 1 amide bonds. The average Bonchev–Trinajstić information content (AvgIpc) is 3.45. The lowest BCUT2D eigenvalue weighted by molar-refractivity contribution is 0.0748. The van der Waals surface area contributed by atoms with Crippen molar-refractivity contribution in [1.29, 1.82) is 0 Å². The summed E-state index contributed by atoms with van der Waals surface area (Å²) < 4.78 is 1.89. The highest BCUT2D eigenvalue weighted by Crippen LogP contribution is 2.31. The van der Waals surface area contributed by atoms with E-state index in [4.69, 9.17) is 16.6 Å².